The van der Waals surface area contributed by atoms with Crippen LogP contribution in [0.5, 0.6) is 0 Å². The average Bonchev–Trinajstić information content (AvgIpc) is 2.87. The molecule has 1 atom stereocenters. The standard InChI is InChI=1S/C28H23F3N4O2S/c1-16-5-2-3-7-25(16)38-35-28(37)34-24(13-17-11-19(29)15-20(30)12-17)26-21(6-4-10-33-26)18-8-9-23(31)22(14-18)27(32)36/h2-12,14-15,24H,13H2,1H3,(H2,32,36)(H2,34,35,37). The molecule has 3 aromatic carbocycles. The monoisotopic (exact) mass is 536 g/mol. The Morgan fingerprint density at radius 1 is 0.974 bits per heavy atom. The lowest BCUT2D eigenvalue weighted by Gasteiger charge is -2.22. The van der Waals surface area contributed by atoms with E-state index in [4.69, 9.17) is 5.73 Å². The number of primary amides is 1. The van der Waals surface area contributed by atoms with Crippen molar-refractivity contribution in [2.45, 2.75) is 24.3 Å². The summed E-state index contributed by atoms with van der Waals surface area (Å²) in [6, 6.07) is 16.4. The summed E-state index contributed by atoms with van der Waals surface area (Å²) in [5, 5.41) is 2.83. The minimum Gasteiger partial charge on any atom is -0.366 e. The summed E-state index contributed by atoms with van der Waals surface area (Å²) in [4.78, 5) is 29.9. The molecule has 0 aliphatic carbocycles. The fourth-order valence-electron chi connectivity index (χ4n) is 3.96. The lowest BCUT2D eigenvalue weighted by molar-refractivity contribution is 0.0996. The van der Waals surface area contributed by atoms with Crippen molar-refractivity contribution < 1.29 is 22.8 Å². The molecule has 4 aromatic rings. The number of hydrogen-bond acceptors (Lipinski definition) is 4. The molecule has 0 bridgehead atoms. The van der Waals surface area contributed by atoms with Crippen molar-refractivity contribution in [3.63, 3.8) is 0 Å². The van der Waals surface area contributed by atoms with Crippen LogP contribution in [0.25, 0.3) is 11.1 Å². The minimum absolute atomic E-state index is 0.00891. The van der Waals surface area contributed by atoms with Crippen molar-refractivity contribution in [1.29, 1.82) is 0 Å². The molecular formula is C28H23F3N4O2S. The van der Waals surface area contributed by atoms with Gasteiger partial charge in [0.25, 0.3) is 5.91 Å². The van der Waals surface area contributed by atoms with Crippen molar-refractivity contribution in [3.8, 4) is 11.1 Å². The number of benzene rings is 3. The van der Waals surface area contributed by atoms with Crippen LogP contribution in [0.1, 0.15) is 33.2 Å². The Hall–Kier alpha value is -4.31. The first-order valence-electron chi connectivity index (χ1n) is 11.5. The maximum atomic E-state index is 14.1. The SMILES string of the molecule is Cc1ccccc1SNC(=O)NC(Cc1cc(F)cc(F)c1)c1ncccc1-c1ccc(F)c(C(N)=O)c1. The Bertz CT molecular complexity index is 1480. The van der Waals surface area contributed by atoms with Crippen LogP contribution in [-0.4, -0.2) is 16.9 Å². The second-order valence-corrected chi connectivity index (χ2v) is 9.32. The summed E-state index contributed by atoms with van der Waals surface area (Å²) in [6.45, 7) is 1.91. The highest BCUT2D eigenvalue weighted by atomic mass is 32.2. The van der Waals surface area contributed by atoms with Gasteiger partial charge in [0.2, 0.25) is 0 Å². The summed E-state index contributed by atoms with van der Waals surface area (Å²) >= 11 is 1.12. The molecule has 0 aliphatic heterocycles. The molecule has 0 saturated heterocycles. The van der Waals surface area contributed by atoms with E-state index in [1.807, 2.05) is 31.2 Å². The van der Waals surface area contributed by atoms with E-state index >= 15 is 0 Å². The molecule has 6 nitrogen and oxygen atoms in total. The van der Waals surface area contributed by atoms with Crippen LogP contribution < -0.4 is 15.8 Å². The van der Waals surface area contributed by atoms with Crippen molar-refractivity contribution in [1.82, 2.24) is 15.0 Å². The highest BCUT2D eigenvalue weighted by Crippen LogP contribution is 2.30. The summed E-state index contributed by atoms with van der Waals surface area (Å²) in [5.74, 6) is -3.23. The van der Waals surface area contributed by atoms with Crippen molar-refractivity contribution >= 4 is 23.9 Å². The lowest BCUT2D eigenvalue weighted by atomic mass is 9.94. The van der Waals surface area contributed by atoms with Gasteiger partial charge in [-0.15, -0.1) is 0 Å². The van der Waals surface area contributed by atoms with Gasteiger partial charge in [0.1, 0.15) is 17.5 Å². The summed E-state index contributed by atoms with van der Waals surface area (Å²) in [5.41, 5.74) is 7.51. The second-order valence-electron chi connectivity index (χ2n) is 8.47. The Balaban J connectivity index is 1.69. The molecule has 0 aliphatic rings. The number of rotatable bonds is 8. The largest absolute Gasteiger partial charge is 0.366 e. The first-order chi connectivity index (χ1) is 18.2. The van der Waals surface area contributed by atoms with Gasteiger partial charge >= 0.3 is 6.03 Å². The van der Waals surface area contributed by atoms with E-state index in [-0.39, 0.29) is 17.5 Å². The zero-order valence-electron chi connectivity index (χ0n) is 20.2. The number of nitrogens with two attached hydrogens (primary N) is 1. The van der Waals surface area contributed by atoms with E-state index in [1.54, 1.807) is 12.1 Å². The summed E-state index contributed by atoms with van der Waals surface area (Å²) in [7, 11) is 0. The number of aryl methyl sites for hydroxylation is 1. The molecule has 0 fully saturated rings. The van der Waals surface area contributed by atoms with Gasteiger partial charge in [-0.25, -0.2) is 18.0 Å². The van der Waals surface area contributed by atoms with Crippen LogP contribution in [-0.2, 0) is 6.42 Å². The van der Waals surface area contributed by atoms with Crippen LogP contribution in [0.15, 0.2) is 83.9 Å². The average molecular weight is 537 g/mol. The van der Waals surface area contributed by atoms with E-state index in [2.05, 4.69) is 15.0 Å². The van der Waals surface area contributed by atoms with Gasteiger partial charge in [-0.2, -0.15) is 0 Å². The normalized spacial score (nSPS) is 11.6. The number of amides is 3. The number of urea groups is 1. The first-order valence-corrected chi connectivity index (χ1v) is 12.3. The summed E-state index contributed by atoms with van der Waals surface area (Å²) in [6.07, 6.45) is 1.49. The molecule has 1 heterocycles. The van der Waals surface area contributed by atoms with E-state index < -0.39 is 35.4 Å². The molecule has 1 unspecified atom stereocenters. The third-order valence-electron chi connectivity index (χ3n) is 5.73. The lowest BCUT2D eigenvalue weighted by Crippen LogP contribution is -2.36. The van der Waals surface area contributed by atoms with E-state index in [0.717, 1.165) is 34.5 Å². The van der Waals surface area contributed by atoms with Crippen LogP contribution in [0.4, 0.5) is 18.0 Å². The molecule has 1 aromatic heterocycles. The molecule has 194 valence electrons. The molecule has 0 saturated carbocycles. The predicted molar refractivity (Wildman–Crippen MR) is 140 cm³/mol. The van der Waals surface area contributed by atoms with Gasteiger partial charge in [-0.3, -0.25) is 14.5 Å². The third-order valence-corrected chi connectivity index (χ3v) is 6.69. The zero-order valence-corrected chi connectivity index (χ0v) is 21.0. The number of halogens is 3. The first kappa shape index (κ1) is 26.7. The van der Waals surface area contributed by atoms with Crippen molar-refractivity contribution in [2.24, 2.45) is 5.73 Å². The second kappa shape index (κ2) is 11.8. The molecule has 0 spiro atoms. The smallest absolute Gasteiger partial charge is 0.325 e. The molecule has 4 rings (SSSR count). The Kier molecular flexibility index (Phi) is 8.32. The van der Waals surface area contributed by atoms with Crippen LogP contribution in [0, 0.1) is 24.4 Å². The third kappa shape index (κ3) is 6.51. The van der Waals surface area contributed by atoms with Crippen LogP contribution in [0.3, 0.4) is 0 Å². The number of aromatic nitrogens is 1. The highest BCUT2D eigenvalue weighted by molar-refractivity contribution is 7.98. The van der Waals surface area contributed by atoms with Gasteiger partial charge in [-0.05, 0) is 78.4 Å². The van der Waals surface area contributed by atoms with Gasteiger partial charge in [-0.1, -0.05) is 30.3 Å². The Morgan fingerprint density at radius 2 is 1.71 bits per heavy atom. The van der Waals surface area contributed by atoms with Crippen LogP contribution in [0.2, 0.25) is 0 Å². The summed E-state index contributed by atoms with van der Waals surface area (Å²) < 4.78 is 44.8. The number of nitrogens with one attached hydrogen (secondary N) is 2. The number of carbonyl (C=O) groups excluding carboxylic acids is 2. The molecular weight excluding hydrogens is 513 g/mol. The van der Waals surface area contributed by atoms with Gasteiger partial charge in [0.05, 0.1) is 17.3 Å². The number of nitrogens with zero attached hydrogens (tertiary/aromatic N) is 1. The number of hydrogen-bond donors (Lipinski definition) is 3. The minimum atomic E-state index is -0.938. The zero-order chi connectivity index (χ0) is 27.2. The van der Waals surface area contributed by atoms with E-state index in [1.165, 1.54) is 30.5 Å². The molecule has 3 amide bonds. The van der Waals surface area contributed by atoms with Crippen molar-refractivity contribution in [3.05, 3.63) is 119 Å². The maximum absolute atomic E-state index is 14.1. The number of pyridine rings is 1. The Labute approximate surface area is 221 Å². The molecule has 38 heavy (non-hydrogen) atoms. The van der Waals surface area contributed by atoms with Gasteiger partial charge < -0.3 is 11.1 Å². The van der Waals surface area contributed by atoms with Gasteiger partial charge in [0, 0.05) is 22.7 Å². The fraction of sp³-hybridized carbons (Fsp3) is 0.107. The topological polar surface area (TPSA) is 97.1 Å². The van der Waals surface area contributed by atoms with Crippen LogP contribution >= 0.6 is 11.9 Å². The quantitative estimate of drug-likeness (QED) is 0.246. The molecule has 0 radical (unpaired) electrons. The highest BCUT2D eigenvalue weighted by Gasteiger charge is 2.22. The molecule has 4 N–H and O–H groups in total. The van der Waals surface area contributed by atoms with Gasteiger partial charge in [0.15, 0.2) is 0 Å². The van der Waals surface area contributed by atoms with Crippen molar-refractivity contribution in [2.75, 3.05) is 0 Å². The number of carbonyl (C=O) groups is 2. The fourth-order valence-corrected chi connectivity index (χ4v) is 4.60. The van der Waals surface area contributed by atoms with E-state index in [9.17, 15) is 22.8 Å². The Morgan fingerprint density at radius 3 is 2.42 bits per heavy atom. The maximum Gasteiger partial charge on any atom is 0.325 e. The van der Waals surface area contributed by atoms with E-state index in [0.29, 0.717) is 16.8 Å². The molecule has 10 heteroatoms. The predicted octanol–water partition coefficient (Wildman–Crippen LogP) is 5.86.